The van der Waals surface area contributed by atoms with Gasteiger partial charge in [0, 0.05) is 51.9 Å². The molecule has 2 aliphatic heterocycles. The van der Waals surface area contributed by atoms with E-state index < -0.39 is 0 Å². The first-order chi connectivity index (χ1) is 17.9. The number of carbonyl (C=O) groups excluding carboxylic acids is 2. The van der Waals surface area contributed by atoms with Crippen LogP contribution in [0.25, 0.3) is 0 Å². The third-order valence-corrected chi connectivity index (χ3v) is 6.72. The summed E-state index contributed by atoms with van der Waals surface area (Å²) < 4.78 is 12.8. The van der Waals surface area contributed by atoms with Gasteiger partial charge in [-0.1, -0.05) is 12.1 Å². The number of aromatic nitrogens is 1. The lowest BCUT2D eigenvalue weighted by molar-refractivity contribution is -0.133. The molecule has 10 nitrogen and oxygen atoms in total. The monoisotopic (exact) mass is 510 g/mol. The average molecular weight is 511 g/mol. The molecule has 200 valence electrons. The highest BCUT2D eigenvalue weighted by Crippen LogP contribution is 2.33. The maximum absolute atomic E-state index is 13.7. The second kappa shape index (κ2) is 12.2. The number of carbonyl (C=O) groups is 2. The van der Waals surface area contributed by atoms with Crippen molar-refractivity contribution >= 4 is 17.6 Å². The second-order valence-corrected chi connectivity index (χ2v) is 9.76. The Morgan fingerprint density at radius 1 is 1.19 bits per heavy atom. The van der Waals surface area contributed by atoms with Gasteiger partial charge in [-0.3, -0.25) is 9.69 Å². The topological polar surface area (TPSA) is 91.6 Å². The number of hydrazone groups is 1. The van der Waals surface area contributed by atoms with Crippen LogP contribution in [0.3, 0.4) is 0 Å². The average Bonchev–Trinajstić information content (AvgIpc) is 3.53. The van der Waals surface area contributed by atoms with Gasteiger partial charge in [-0.25, -0.2) is 9.80 Å². The maximum Gasteiger partial charge on any atom is 0.318 e. The van der Waals surface area contributed by atoms with Gasteiger partial charge in [-0.2, -0.15) is 5.10 Å². The minimum Gasteiger partial charge on any atom is -0.497 e. The summed E-state index contributed by atoms with van der Waals surface area (Å²) in [5.74, 6) is 0.536. The van der Waals surface area contributed by atoms with Crippen LogP contribution in [0.5, 0.6) is 5.75 Å². The lowest BCUT2D eigenvalue weighted by atomic mass is 10.0. The number of aryl methyl sites for hydroxylation is 1. The number of nitrogens with zero attached hydrogens (tertiary/aromatic N) is 5. The highest BCUT2D eigenvalue weighted by atomic mass is 16.5. The van der Waals surface area contributed by atoms with Gasteiger partial charge >= 0.3 is 6.03 Å². The first-order valence-corrected chi connectivity index (χ1v) is 12.9. The molecule has 0 bridgehead atoms. The van der Waals surface area contributed by atoms with Crippen LogP contribution < -0.4 is 10.1 Å². The van der Waals surface area contributed by atoms with Gasteiger partial charge < -0.3 is 24.3 Å². The Hall–Kier alpha value is -3.37. The lowest BCUT2D eigenvalue weighted by Gasteiger charge is -2.31. The van der Waals surface area contributed by atoms with Crippen LogP contribution in [0.15, 0.2) is 47.7 Å². The van der Waals surface area contributed by atoms with Gasteiger partial charge in [0.2, 0.25) is 0 Å². The Bertz CT molecular complexity index is 1090. The summed E-state index contributed by atoms with van der Waals surface area (Å²) in [6.45, 7) is 7.91. The predicted octanol–water partition coefficient (Wildman–Crippen LogP) is 2.46. The van der Waals surface area contributed by atoms with Crippen molar-refractivity contribution in [1.29, 1.82) is 0 Å². The molecule has 0 spiro atoms. The number of amides is 3. The summed E-state index contributed by atoms with van der Waals surface area (Å²) >= 11 is 0. The molecule has 1 atom stereocenters. The summed E-state index contributed by atoms with van der Waals surface area (Å²) in [7, 11) is 3.60. The number of benzene rings is 1. The molecule has 37 heavy (non-hydrogen) atoms. The highest BCUT2D eigenvalue weighted by molar-refractivity contribution is 6.02. The SMILES string of the molecule is COc1ccc(C2CC(c3cccn3C)=NN2C(=O)CN(CCN2CCOCC2)C(=O)NC(C)C)cc1. The largest absolute Gasteiger partial charge is 0.497 e. The van der Waals surface area contributed by atoms with Crippen LogP contribution >= 0.6 is 0 Å². The molecule has 1 aromatic carbocycles. The third-order valence-electron chi connectivity index (χ3n) is 6.72. The van der Waals surface area contributed by atoms with Crippen molar-refractivity contribution in [3.8, 4) is 5.75 Å². The number of methoxy groups -OCH3 is 1. The van der Waals surface area contributed by atoms with E-state index in [-0.39, 0.29) is 30.6 Å². The van der Waals surface area contributed by atoms with E-state index in [9.17, 15) is 9.59 Å². The van der Waals surface area contributed by atoms with Crippen LogP contribution in [-0.4, -0.2) is 96.1 Å². The van der Waals surface area contributed by atoms with E-state index >= 15 is 0 Å². The van der Waals surface area contributed by atoms with Gasteiger partial charge in [0.15, 0.2) is 0 Å². The molecule has 10 heteroatoms. The smallest absolute Gasteiger partial charge is 0.318 e. The van der Waals surface area contributed by atoms with Crippen LogP contribution in [0.2, 0.25) is 0 Å². The van der Waals surface area contributed by atoms with Crippen molar-refractivity contribution in [3.63, 3.8) is 0 Å². The number of hydrogen-bond acceptors (Lipinski definition) is 6. The van der Waals surface area contributed by atoms with Crippen molar-refractivity contribution < 1.29 is 19.1 Å². The molecule has 1 N–H and O–H groups in total. The van der Waals surface area contributed by atoms with Gasteiger partial charge in [0.25, 0.3) is 5.91 Å². The fourth-order valence-electron chi connectivity index (χ4n) is 4.65. The molecule has 3 amide bonds. The van der Waals surface area contributed by atoms with Crippen LogP contribution in [0.1, 0.15) is 37.6 Å². The van der Waals surface area contributed by atoms with E-state index in [1.165, 1.54) is 0 Å². The van der Waals surface area contributed by atoms with Gasteiger partial charge in [-0.05, 0) is 43.7 Å². The molecule has 0 radical (unpaired) electrons. The normalized spacial score (nSPS) is 18.1. The predicted molar refractivity (Wildman–Crippen MR) is 142 cm³/mol. The second-order valence-electron chi connectivity index (χ2n) is 9.76. The Morgan fingerprint density at radius 3 is 2.54 bits per heavy atom. The van der Waals surface area contributed by atoms with E-state index in [4.69, 9.17) is 14.6 Å². The van der Waals surface area contributed by atoms with E-state index in [2.05, 4.69) is 10.2 Å². The van der Waals surface area contributed by atoms with Crippen LogP contribution in [0, 0.1) is 0 Å². The Kier molecular flexibility index (Phi) is 8.83. The van der Waals surface area contributed by atoms with E-state index in [1.54, 1.807) is 17.0 Å². The molecule has 2 aromatic rings. The molecule has 4 rings (SSSR count). The molecule has 3 heterocycles. The molecule has 0 aliphatic carbocycles. The number of hydrogen-bond donors (Lipinski definition) is 1. The molecule has 2 aliphatic rings. The fraction of sp³-hybridized carbons (Fsp3) is 0.519. The minimum absolute atomic E-state index is 0.0331. The molecule has 1 aromatic heterocycles. The van der Waals surface area contributed by atoms with Gasteiger partial charge in [0.1, 0.15) is 12.3 Å². The highest BCUT2D eigenvalue weighted by Gasteiger charge is 2.35. The number of nitrogens with one attached hydrogen (secondary N) is 1. The van der Waals surface area contributed by atoms with E-state index in [0.29, 0.717) is 32.7 Å². The Morgan fingerprint density at radius 2 is 1.92 bits per heavy atom. The van der Waals surface area contributed by atoms with E-state index in [0.717, 1.165) is 35.8 Å². The number of morpholine rings is 1. The molecular formula is C27H38N6O4. The summed E-state index contributed by atoms with van der Waals surface area (Å²) in [5.41, 5.74) is 2.78. The number of ether oxygens (including phenoxy) is 2. The first-order valence-electron chi connectivity index (χ1n) is 12.9. The summed E-state index contributed by atoms with van der Waals surface area (Å²) in [5, 5.41) is 9.27. The Balaban J connectivity index is 1.55. The van der Waals surface area contributed by atoms with Crippen LogP contribution in [-0.2, 0) is 16.6 Å². The van der Waals surface area contributed by atoms with E-state index in [1.807, 2.05) is 68.1 Å². The molecule has 1 saturated heterocycles. The van der Waals surface area contributed by atoms with Crippen molar-refractivity contribution in [1.82, 2.24) is 24.7 Å². The van der Waals surface area contributed by atoms with Gasteiger partial charge in [0.05, 0.1) is 37.8 Å². The quantitative estimate of drug-likeness (QED) is 0.560. The standard InChI is InChI=1S/C27H38N6O4/c1-20(2)28-27(35)32(13-12-31-14-16-37-17-15-31)19-26(34)33-25(21-7-9-22(36-4)10-8-21)18-23(29-33)24-6-5-11-30(24)3/h5-11,20,25H,12-19H2,1-4H3,(H,28,35). The molecular weight excluding hydrogens is 472 g/mol. The summed E-state index contributed by atoms with van der Waals surface area (Å²) in [4.78, 5) is 30.6. The maximum atomic E-state index is 13.7. The number of rotatable bonds is 9. The number of urea groups is 1. The van der Waals surface area contributed by atoms with Crippen molar-refractivity contribution in [2.24, 2.45) is 12.1 Å². The van der Waals surface area contributed by atoms with Crippen molar-refractivity contribution in [3.05, 3.63) is 53.9 Å². The van der Waals surface area contributed by atoms with Gasteiger partial charge in [-0.15, -0.1) is 0 Å². The van der Waals surface area contributed by atoms with Crippen molar-refractivity contribution in [2.75, 3.05) is 53.0 Å². The zero-order valence-corrected chi connectivity index (χ0v) is 22.2. The Labute approximate surface area is 218 Å². The summed E-state index contributed by atoms with van der Waals surface area (Å²) in [6, 6.07) is 11.1. The first kappa shape index (κ1) is 26.7. The third kappa shape index (κ3) is 6.69. The zero-order valence-electron chi connectivity index (χ0n) is 22.2. The van der Waals surface area contributed by atoms with Crippen LogP contribution in [0.4, 0.5) is 4.79 Å². The molecule has 1 fully saturated rings. The summed E-state index contributed by atoms with van der Waals surface area (Å²) in [6.07, 6.45) is 2.55. The molecule has 0 saturated carbocycles. The molecule has 1 unspecified atom stereocenters. The zero-order chi connectivity index (χ0) is 26.4. The fourth-order valence-corrected chi connectivity index (χ4v) is 4.65. The van der Waals surface area contributed by atoms with Crippen molar-refractivity contribution in [2.45, 2.75) is 32.4 Å². The minimum atomic E-state index is -0.266. The lowest BCUT2D eigenvalue weighted by Crippen LogP contribution is -2.50.